The Morgan fingerprint density at radius 3 is 2.64 bits per heavy atom. The van der Waals surface area contributed by atoms with Crippen molar-refractivity contribution in [1.29, 1.82) is 0 Å². The molecule has 2 bridgehead atoms. The van der Waals surface area contributed by atoms with E-state index in [0.717, 1.165) is 6.42 Å². The number of nitrogens with one attached hydrogen (secondary N) is 2. The highest BCUT2D eigenvalue weighted by molar-refractivity contribution is 7.89. The average Bonchev–Trinajstić information content (AvgIpc) is 2.92. The van der Waals surface area contributed by atoms with Gasteiger partial charge >= 0.3 is 0 Å². The van der Waals surface area contributed by atoms with Crippen LogP contribution in [0.15, 0.2) is 24.3 Å². The lowest BCUT2D eigenvalue weighted by Gasteiger charge is -2.36. The molecule has 2 aliphatic carbocycles. The summed E-state index contributed by atoms with van der Waals surface area (Å²) in [5, 5.41) is 2.62. The average molecular weight is 411 g/mol. The molecule has 2 atom stereocenters. The van der Waals surface area contributed by atoms with Gasteiger partial charge < -0.3 is 5.32 Å². The number of carbonyl (C=O) groups excluding carboxylic acids is 2. The van der Waals surface area contributed by atoms with E-state index in [9.17, 15) is 22.4 Å². The second kappa shape index (κ2) is 7.55. The van der Waals surface area contributed by atoms with Crippen LogP contribution in [0.1, 0.15) is 38.7 Å². The van der Waals surface area contributed by atoms with E-state index < -0.39 is 21.3 Å². The van der Waals surface area contributed by atoms with E-state index in [1.165, 1.54) is 18.2 Å². The van der Waals surface area contributed by atoms with E-state index in [1.54, 1.807) is 6.07 Å². The molecule has 0 heterocycles. The molecule has 28 heavy (non-hydrogen) atoms. The third-order valence-corrected chi connectivity index (χ3v) is 8.12. The molecule has 2 N–H and O–H groups in total. The largest absolute Gasteiger partial charge is 0.355 e. The van der Waals surface area contributed by atoms with Crippen molar-refractivity contribution in [2.45, 2.75) is 39.5 Å². The van der Waals surface area contributed by atoms with Gasteiger partial charge in [0.15, 0.2) is 0 Å². The standard InChI is InChI=1S/C20H27FN2O4S/c1-19(2)15-6-7-20(19,17(24)12-15)13-28(26,27)23-9-8-22-18(25)11-14-4-3-5-16(21)10-14/h3-5,10,15,23H,6-9,11-13H2,1-2H3,(H,22,25). The Hall–Kier alpha value is -1.80. The van der Waals surface area contributed by atoms with Crippen molar-refractivity contribution in [2.24, 2.45) is 16.7 Å². The highest BCUT2D eigenvalue weighted by Gasteiger charge is 2.65. The molecule has 2 unspecified atom stereocenters. The normalized spacial score (nSPS) is 25.8. The van der Waals surface area contributed by atoms with Gasteiger partial charge in [0.2, 0.25) is 15.9 Å². The number of ketones is 1. The summed E-state index contributed by atoms with van der Waals surface area (Å²) < 4.78 is 40.7. The molecule has 1 aromatic rings. The fourth-order valence-electron chi connectivity index (χ4n) is 4.79. The monoisotopic (exact) mass is 410 g/mol. The van der Waals surface area contributed by atoms with Crippen LogP contribution in [0.4, 0.5) is 4.39 Å². The molecule has 0 radical (unpaired) electrons. The fraction of sp³-hybridized carbons (Fsp3) is 0.600. The molecule has 154 valence electrons. The zero-order valence-corrected chi connectivity index (χ0v) is 17.1. The summed E-state index contributed by atoms with van der Waals surface area (Å²) in [5.41, 5.74) is -0.558. The van der Waals surface area contributed by atoms with Crippen molar-refractivity contribution in [3.63, 3.8) is 0 Å². The minimum Gasteiger partial charge on any atom is -0.355 e. The maximum atomic E-state index is 13.1. The zero-order chi connectivity index (χ0) is 20.6. The van der Waals surface area contributed by atoms with Crippen LogP contribution in [0.3, 0.4) is 0 Å². The number of amides is 1. The maximum Gasteiger partial charge on any atom is 0.224 e. The third kappa shape index (κ3) is 3.98. The van der Waals surface area contributed by atoms with Crippen molar-refractivity contribution in [3.05, 3.63) is 35.6 Å². The molecule has 2 fully saturated rings. The van der Waals surface area contributed by atoms with Gasteiger partial charge in [-0.2, -0.15) is 0 Å². The number of fused-ring (bicyclic) bond motifs is 2. The Morgan fingerprint density at radius 1 is 1.29 bits per heavy atom. The number of benzene rings is 1. The summed E-state index contributed by atoms with van der Waals surface area (Å²) >= 11 is 0. The first-order valence-electron chi connectivity index (χ1n) is 9.57. The van der Waals surface area contributed by atoms with Crippen molar-refractivity contribution in [2.75, 3.05) is 18.8 Å². The van der Waals surface area contributed by atoms with Crippen molar-refractivity contribution >= 4 is 21.7 Å². The fourth-order valence-corrected chi connectivity index (χ4v) is 6.63. The summed E-state index contributed by atoms with van der Waals surface area (Å²) in [5.74, 6) is -0.593. The van der Waals surface area contributed by atoms with E-state index in [2.05, 4.69) is 10.0 Å². The second-order valence-corrected chi connectivity index (χ2v) is 10.3. The van der Waals surface area contributed by atoms with Gasteiger partial charge in [-0.05, 0) is 41.9 Å². The topological polar surface area (TPSA) is 92.3 Å². The summed E-state index contributed by atoms with van der Waals surface area (Å²) in [6, 6.07) is 5.78. The number of hydrogen-bond acceptors (Lipinski definition) is 4. The van der Waals surface area contributed by atoms with E-state index in [1.807, 2.05) is 13.8 Å². The maximum absolute atomic E-state index is 13.1. The van der Waals surface area contributed by atoms with Crippen LogP contribution in [0.5, 0.6) is 0 Å². The van der Waals surface area contributed by atoms with E-state index in [-0.39, 0.29) is 48.3 Å². The Bertz CT molecular complexity index is 884. The zero-order valence-electron chi connectivity index (χ0n) is 16.3. The van der Waals surface area contributed by atoms with Gasteiger partial charge in [0.1, 0.15) is 11.6 Å². The first kappa shape index (κ1) is 20.9. The Labute approximate surface area is 165 Å². The molecule has 1 aromatic carbocycles. The molecule has 3 rings (SSSR count). The molecule has 0 spiro atoms. The predicted molar refractivity (Wildman–Crippen MR) is 103 cm³/mol. The minimum absolute atomic E-state index is 0.0255. The van der Waals surface area contributed by atoms with Gasteiger partial charge in [-0.15, -0.1) is 0 Å². The smallest absolute Gasteiger partial charge is 0.224 e. The Balaban J connectivity index is 1.48. The lowest BCUT2D eigenvalue weighted by atomic mass is 9.70. The number of rotatable bonds is 8. The van der Waals surface area contributed by atoms with Gasteiger partial charge in [0.05, 0.1) is 12.2 Å². The van der Waals surface area contributed by atoms with E-state index in [4.69, 9.17) is 0 Å². The van der Waals surface area contributed by atoms with Crippen molar-refractivity contribution in [3.8, 4) is 0 Å². The number of sulfonamides is 1. The van der Waals surface area contributed by atoms with Gasteiger partial charge in [-0.1, -0.05) is 26.0 Å². The molecule has 0 aromatic heterocycles. The Kier molecular flexibility index (Phi) is 5.64. The first-order valence-corrected chi connectivity index (χ1v) is 11.2. The van der Waals surface area contributed by atoms with Crippen LogP contribution >= 0.6 is 0 Å². The van der Waals surface area contributed by atoms with Crippen molar-refractivity contribution < 1.29 is 22.4 Å². The second-order valence-electron chi connectivity index (χ2n) is 8.48. The van der Waals surface area contributed by atoms with Crippen LogP contribution in [-0.4, -0.2) is 39.0 Å². The van der Waals surface area contributed by atoms with Crippen LogP contribution in [-0.2, 0) is 26.0 Å². The molecular formula is C20H27FN2O4S. The number of Topliss-reactive ketones (excluding diaryl/α,β-unsaturated/α-hetero) is 1. The van der Waals surface area contributed by atoms with Crippen LogP contribution < -0.4 is 10.0 Å². The summed E-state index contributed by atoms with van der Waals surface area (Å²) in [6.45, 7) is 4.17. The van der Waals surface area contributed by atoms with E-state index >= 15 is 0 Å². The minimum atomic E-state index is -3.65. The molecule has 2 saturated carbocycles. The van der Waals surface area contributed by atoms with Crippen molar-refractivity contribution in [1.82, 2.24) is 10.0 Å². The number of carbonyl (C=O) groups is 2. The molecular weight excluding hydrogens is 383 g/mol. The predicted octanol–water partition coefficient (Wildman–Crippen LogP) is 1.80. The Morgan fingerprint density at radius 2 is 2.04 bits per heavy atom. The van der Waals surface area contributed by atoms with Crippen LogP contribution in [0.2, 0.25) is 0 Å². The highest BCUT2D eigenvalue weighted by atomic mass is 32.2. The number of halogens is 1. The quantitative estimate of drug-likeness (QED) is 0.639. The first-order chi connectivity index (χ1) is 13.1. The van der Waals surface area contributed by atoms with Gasteiger partial charge in [0.25, 0.3) is 0 Å². The highest BCUT2D eigenvalue weighted by Crippen LogP contribution is 2.64. The molecule has 2 aliphatic rings. The third-order valence-electron chi connectivity index (χ3n) is 6.60. The summed E-state index contributed by atoms with van der Waals surface area (Å²) in [6.07, 6.45) is 2.01. The van der Waals surface area contributed by atoms with Gasteiger partial charge in [0, 0.05) is 24.9 Å². The summed E-state index contributed by atoms with van der Waals surface area (Å²) in [4.78, 5) is 24.4. The molecule has 8 heteroatoms. The van der Waals surface area contributed by atoms with Gasteiger partial charge in [-0.25, -0.2) is 17.5 Å². The summed E-state index contributed by atoms with van der Waals surface area (Å²) in [7, 11) is -3.65. The SMILES string of the molecule is CC1(C)C2CCC1(CS(=O)(=O)NCCNC(=O)Cc1cccc(F)c1)C(=O)C2. The van der Waals surface area contributed by atoms with E-state index in [0.29, 0.717) is 18.4 Å². The molecule has 1 amide bonds. The molecule has 0 aliphatic heterocycles. The lowest BCUT2D eigenvalue weighted by Crippen LogP contribution is -2.46. The van der Waals surface area contributed by atoms with Crippen LogP contribution in [0, 0.1) is 22.6 Å². The molecule has 6 nitrogen and oxygen atoms in total. The molecule has 0 saturated heterocycles. The van der Waals surface area contributed by atoms with Crippen LogP contribution in [0.25, 0.3) is 0 Å². The van der Waals surface area contributed by atoms with Gasteiger partial charge in [-0.3, -0.25) is 9.59 Å². The lowest BCUT2D eigenvalue weighted by molar-refractivity contribution is -0.128. The number of hydrogen-bond donors (Lipinski definition) is 2.